The van der Waals surface area contributed by atoms with E-state index in [4.69, 9.17) is 9.47 Å². The number of ether oxygens (including phenoxy) is 2. The molecule has 0 aliphatic rings. The number of aryl methyl sites for hydroxylation is 1. The summed E-state index contributed by atoms with van der Waals surface area (Å²) in [4.78, 5) is 11.6. The summed E-state index contributed by atoms with van der Waals surface area (Å²) in [7, 11) is -3.78. The van der Waals surface area contributed by atoms with E-state index < -0.39 is 28.4 Å². The van der Waals surface area contributed by atoms with Gasteiger partial charge in [-0.05, 0) is 30.7 Å². The predicted molar refractivity (Wildman–Crippen MR) is 100.0 cm³/mol. The van der Waals surface area contributed by atoms with Crippen LogP contribution >= 0.6 is 0 Å². The van der Waals surface area contributed by atoms with Gasteiger partial charge in [-0.3, -0.25) is 4.79 Å². The minimum Gasteiger partial charge on any atom is -0.487 e. The molecule has 27 heavy (non-hydrogen) atoms. The lowest BCUT2D eigenvalue weighted by molar-refractivity contribution is -0.142. The second-order valence-electron chi connectivity index (χ2n) is 5.58. The number of carbonyl (C=O) groups excluding carboxylic acids is 1. The first-order valence-electron chi connectivity index (χ1n) is 8.13. The van der Waals surface area contributed by atoms with Gasteiger partial charge < -0.3 is 9.47 Å². The van der Waals surface area contributed by atoms with Crippen LogP contribution in [0.1, 0.15) is 11.1 Å². The van der Waals surface area contributed by atoms with Crippen molar-refractivity contribution in [2.75, 3.05) is 19.8 Å². The molecule has 2 rings (SSSR count). The third-order valence-electron chi connectivity index (χ3n) is 3.38. The lowest BCUT2D eigenvalue weighted by Crippen LogP contribution is -2.30. The van der Waals surface area contributed by atoms with Crippen LogP contribution in [0.2, 0.25) is 0 Å². The second kappa shape index (κ2) is 9.84. The molecule has 0 aromatic heterocycles. The molecule has 6 nitrogen and oxygen atoms in total. The van der Waals surface area contributed by atoms with Crippen molar-refractivity contribution in [3.05, 3.63) is 70.9 Å². The Morgan fingerprint density at radius 3 is 2.52 bits per heavy atom. The maximum atomic E-state index is 13.3. The summed E-state index contributed by atoms with van der Waals surface area (Å²) in [5, 5.41) is 0.978. The van der Waals surface area contributed by atoms with Crippen LogP contribution in [0, 0.1) is 12.7 Å². The molecule has 0 fully saturated rings. The van der Waals surface area contributed by atoms with Crippen molar-refractivity contribution in [2.24, 2.45) is 0 Å². The van der Waals surface area contributed by atoms with E-state index in [0.717, 1.165) is 16.5 Å². The summed E-state index contributed by atoms with van der Waals surface area (Å²) < 4.78 is 49.1. The van der Waals surface area contributed by atoms with Gasteiger partial charge >= 0.3 is 5.97 Å². The van der Waals surface area contributed by atoms with Gasteiger partial charge in [-0.25, -0.2) is 17.5 Å². The van der Waals surface area contributed by atoms with E-state index in [1.807, 2.05) is 19.1 Å². The van der Waals surface area contributed by atoms with Gasteiger partial charge in [0.25, 0.3) is 0 Å². The highest BCUT2D eigenvalue weighted by Gasteiger charge is 2.10. The number of rotatable bonds is 9. The van der Waals surface area contributed by atoms with Crippen molar-refractivity contribution < 1.29 is 27.1 Å². The van der Waals surface area contributed by atoms with Gasteiger partial charge in [-0.15, -0.1) is 0 Å². The maximum absolute atomic E-state index is 13.3. The van der Waals surface area contributed by atoms with Crippen molar-refractivity contribution in [2.45, 2.75) is 6.92 Å². The standard InChI is InChI=1S/C19H20FNO5S/c1-15-6-8-16(9-7-15)10-13-27(23,24)21-14-19(22)26-12-11-25-18-5-3-2-4-17(18)20/h2-10,13,21H,11-12,14H2,1H3/b13-10+. The molecular formula is C19H20FNO5S. The first-order valence-corrected chi connectivity index (χ1v) is 9.68. The molecule has 0 heterocycles. The zero-order chi connectivity index (χ0) is 19.7. The van der Waals surface area contributed by atoms with Crippen molar-refractivity contribution in [3.63, 3.8) is 0 Å². The first kappa shape index (κ1) is 20.6. The summed E-state index contributed by atoms with van der Waals surface area (Å²) in [6.07, 6.45) is 1.43. The number of carbonyl (C=O) groups is 1. The molecule has 0 amide bonds. The Morgan fingerprint density at radius 2 is 1.81 bits per heavy atom. The van der Waals surface area contributed by atoms with Gasteiger partial charge in [0.1, 0.15) is 19.8 Å². The smallest absolute Gasteiger partial charge is 0.321 e. The van der Waals surface area contributed by atoms with Crippen molar-refractivity contribution in [1.29, 1.82) is 0 Å². The molecule has 1 N–H and O–H groups in total. The summed E-state index contributed by atoms with van der Waals surface area (Å²) in [6.45, 7) is 1.24. The largest absolute Gasteiger partial charge is 0.487 e. The van der Waals surface area contributed by atoms with Crippen LogP contribution in [-0.4, -0.2) is 34.1 Å². The summed E-state index contributed by atoms with van der Waals surface area (Å²) in [6, 6.07) is 13.1. The van der Waals surface area contributed by atoms with E-state index in [2.05, 4.69) is 4.72 Å². The highest BCUT2D eigenvalue weighted by molar-refractivity contribution is 7.92. The van der Waals surface area contributed by atoms with Crippen molar-refractivity contribution in [1.82, 2.24) is 4.72 Å². The molecule has 0 saturated heterocycles. The molecule has 0 saturated carbocycles. The highest BCUT2D eigenvalue weighted by atomic mass is 32.2. The van der Waals surface area contributed by atoms with E-state index >= 15 is 0 Å². The Hall–Kier alpha value is -2.71. The van der Waals surface area contributed by atoms with Crippen LogP contribution in [0.5, 0.6) is 5.75 Å². The SMILES string of the molecule is Cc1ccc(/C=C/S(=O)(=O)NCC(=O)OCCOc2ccccc2F)cc1. The Morgan fingerprint density at radius 1 is 1.11 bits per heavy atom. The van der Waals surface area contributed by atoms with Gasteiger partial charge in [0.15, 0.2) is 11.6 Å². The van der Waals surface area contributed by atoms with Crippen LogP contribution in [0.25, 0.3) is 6.08 Å². The molecule has 2 aromatic rings. The Balaban J connectivity index is 1.70. The molecule has 0 aliphatic carbocycles. The summed E-state index contributed by atoms with van der Waals surface area (Å²) >= 11 is 0. The van der Waals surface area contributed by atoms with Crippen LogP contribution in [-0.2, 0) is 19.6 Å². The number of hydrogen-bond donors (Lipinski definition) is 1. The molecule has 2 aromatic carbocycles. The van der Waals surface area contributed by atoms with E-state index in [-0.39, 0.29) is 19.0 Å². The third-order valence-corrected chi connectivity index (χ3v) is 4.42. The van der Waals surface area contributed by atoms with Gasteiger partial charge in [0, 0.05) is 5.41 Å². The topological polar surface area (TPSA) is 81.7 Å². The minimum atomic E-state index is -3.78. The maximum Gasteiger partial charge on any atom is 0.321 e. The lowest BCUT2D eigenvalue weighted by atomic mass is 10.2. The summed E-state index contributed by atoms with van der Waals surface area (Å²) in [5.41, 5.74) is 1.79. The van der Waals surface area contributed by atoms with Crippen LogP contribution in [0.4, 0.5) is 4.39 Å². The monoisotopic (exact) mass is 393 g/mol. The normalized spacial score (nSPS) is 11.5. The molecule has 0 bridgehead atoms. The molecule has 144 valence electrons. The van der Waals surface area contributed by atoms with Crippen LogP contribution < -0.4 is 9.46 Å². The molecule has 0 radical (unpaired) electrons. The fourth-order valence-electron chi connectivity index (χ4n) is 1.97. The number of esters is 1. The van der Waals surface area contributed by atoms with E-state index in [1.165, 1.54) is 24.3 Å². The van der Waals surface area contributed by atoms with Gasteiger partial charge in [-0.2, -0.15) is 0 Å². The fourth-order valence-corrected chi connectivity index (χ4v) is 2.72. The zero-order valence-electron chi connectivity index (χ0n) is 14.7. The van der Waals surface area contributed by atoms with Crippen molar-refractivity contribution in [3.8, 4) is 5.75 Å². The molecular weight excluding hydrogens is 373 g/mol. The molecule has 8 heteroatoms. The van der Waals surface area contributed by atoms with Crippen LogP contribution in [0.15, 0.2) is 53.9 Å². The average molecular weight is 393 g/mol. The Bertz CT molecular complexity index is 895. The van der Waals surface area contributed by atoms with E-state index in [9.17, 15) is 17.6 Å². The zero-order valence-corrected chi connectivity index (χ0v) is 15.5. The highest BCUT2D eigenvalue weighted by Crippen LogP contribution is 2.14. The fraction of sp³-hybridized carbons (Fsp3) is 0.211. The molecule has 0 aliphatic heterocycles. The first-order chi connectivity index (χ1) is 12.9. The van der Waals surface area contributed by atoms with Gasteiger partial charge in [-0.1, -0.05) is 42.0 Å². The average Bonchev–Trinajstić information content (AvgIpc) is 2.65. The Kier molecular flexibility index (Phi) is 7.51. The minimum absolute atomic E-state index is 0.0489. The molecule has 0 unspecified atom stereocenters. The Labute approximate surface area is 157 Å². The van der Waals surface area contributed by atoms with E-state index in [0.29, 0.717) is 0 Å². The van der Waals surface area contributed by atoms with Gasteiger partial charge in [0.05, 0.1) is 0 Å². The third kappa shape index (κ3) is 7.59. The number of nitrogens with one attached hydrogen (secondary N) is 1. The van der Waals surface area contributed by atoms with Crippen LogP contribution in [0.3, 0.4) is 0 Å². The van der Waals surface area contributed by atoms with Gasteiger partial charge in [0.2, 0.25) is 10.0 Å². The number of sulfonamides is 1. The second-order valence-corrected chi connectivity index (χ2v) is 7.23. The number of para-hydroxylation sites is 1. The lowest BCUT2D eigenvalue weighted by Gasteiger charge is -2.08. The number of halogens is 1. The van der Waals surface area contributed by atoms with E-state index in [1.54, 1.807) is 18.2 Å². The molecule has 0 atom stereocenters. The van der Waals surface area contributed by atoms with Crippen molar-refractivity contribution >= 4 is 22.1 Å². The number of hydrogen-bond acceptors (Lipinski definition) is 5. The summed E-state index contributed by atoms with van der Waals surface area (Å²) in [5.74, 6) is -1.23. The molecule has 0 spiro atoms. The number of benzene rings is 2. The quantitative estimate of drug-likeness (QED) is 0.523. The predicted octanol–water partition coefficient (Wildman–Crippen LogP) is 2.65.